The normalized spacial score (nSPS) is 11.0. The van der Waals surface area contributed by atoms with Crippen LogP contribution >= 0.6 is 0 Å². The van der Waals surface area contributed by atoms with Gasteiger partial charge in [0.1, 0.15) is 11.4 Å². The molecular formula is C11H16N2O4S. The number of anilines is 1. The van der Waals surface area contributed by atoms with E-state index in [0.29, 0.717) is 6.54 Å². The lowest BCUT2D eigenvalue weighted by Gasteiger charge is -2.12. The Morgan fingerprint density at radius 2 is 2.06 bits per heavy atom. The Hall–Kier alpha value is -1.76. The largest absolute Gasteiger partial charge is 0.506 e. The molecule has 0 aliphatic heterocycles. The lowest BCUT2D eigenvalue weighted by molar-refractivity contribution is 0.0954. The molecule has 6 nitrogen and oxygen atoms in total. The summed E-state index contributed by atoms with van der Waals surface area (Å²) in [6.45, 7) is 2.38. The van der Waals surface area contributed by atoms with Crippen molar-refractivity contribution in [3.63, 3.8) is 0 Å². The third-order valence-electron chi connectivity index (χ3n) is 2.11. The molecule has 0 saturated heterocycles. The van der Waals surface area contributed by atoms with Gasteiger partial charge in [-0.3, -0.25) is 9.52 Å². The van der Waals surface area contributed by atoms with Crippen molar-refractivity contribution in [3.05, 3.63) is 23.8 Å². The first-order valence-electron chi connectivity index (χ1n) is 5.43. The van der Waals surface area contributed by atoms with Gasteiger partial charge >= 0.3 is 0 Å². The first-order chi connectivity index (χ1) is 8.35. The van der Waals surface area contributed by atoms with Gasteiger partial charge in [-0.2, -0.15) is 0 Å². The summed E-state index contributed by atoms with van der Waals surface area (Å²) in [5.74, 6) is -0.719. The molecule has 1 amide bonds. The molecule has 0 fully saturated rings. The molecular weight excluding hydrogens is 256 g/mol. The number of carbonyl (C=O) groups excluding carboxylic acids is 1. The van der Waals surface area contributed by atoms with Crippen LogP contribution in [0.4, 0.5) is 5.69 Å². The summed E-state index contributed by atoms with van der Waals surface area (Å²) in [6.07, 6.45) is 1.71. The van der Waals surface area contributed by atoms with Crippen LogP contribution in [-0.4, -0.2) is 32.2 Å². The number of amides is 1. The highest BCUT2D eigenvalue weighted by atomic mass is 32.2. The van der Waals surface area contributed by atoms with E-state index in [2.05, 4.69) is 10.0 Å². The molecule has 3 N–H and O–H groups in total. The zero-order chi connectivity index (χ0) is 13.8. The highest BCUT2D eigenvalue weighted by Crippen LogP contribution is 2.27. The number of sulfonamides is 1. The van der Waals surface area contributed by atoms with Crippen molar-refractivity contribution in [2.75, 3.05) is 17.5 Å². The van der Waals surface area contributed by atoms with Crippen molar-refractivity contribution in [1.82, 2.24) is 5.32 Å². The van der Waals surface area contributed by atoms with Crippen molar-refractivity contribution in [3.8, 4) is 5.75 Å². The molecule has 1 rings (SSSR count). The van der Waals surface area contributed by atoms with Crippen molar-refractivity contribution >= 4 is 21.6 Å². The summed E-state index contributed by atoms with van der Waals surface area (Å²) in [4.78, 5) is 11.8. The van der Waals surface area contributed by atoms with Crippen molar-refractivity contribution in [2.24, 2.45) is 0 Å². The van der Waals surface area contributed by atoms with Gasteiger partial charge in [0.25, 0.3) is 5.91 Å². The maximum atomic E-state index is 11.8. The van der Waals surface area contributed by atoms with E-state index in [9.17, 15) is 18.3 Å². The fourth-order valence-electron chi connectivity index (χ4n) is 1.36. The highest BCUT2D eigenvalue weighted by Gasteiger charge is 2.17. The molecule has 0 unspecified atom stereocenters. The molecule has 0 radical (unpaired) electrons. The van der Waals surface area contributed by atoms with Gasteiger partial charge in [-0.05, 0) is 18.6 Å². The van der Waals surface area contributed by atoms with E-state index < -0.39 is 15.9 Å². The van der Waals surface area contributed by atoms with Gasteiger partial charge < -0.3 is 10.4 Å². The van der Waals surface area contributed by atoms with Crippen molar-refractivity contribution in [2.45, 2.75) is 13.3 Å². The van der Waals surface area contributed by atoms with Crippen molar-refractivity contribution < 1.29 is 18.3 Å². The molecule has 0 bridgehead atoms. The first-order valence-corrected chi connectivity index (χ1v) is 7.32. The Morgan fingerprint density at radius 1 is 1.39 bits per heavy atom. The third kappa shape index (κ3) is 3.92. The van der Waals surface area contributed by atoms with E-state index in [4.69, 9.17) is 0 Å². The van der Waals surface area contributed by atoms with Crippen LogP contribution in [0.5, 0.6) is 5.75 Å². The van der Waals surface area contributed by atoms with Gasteiger partial charge in [-0.15, -0.1) is 0 Å². The highest BCUT2D eigenvalue weighted by molar-refractivity contribution is 7.92. The minimum absolute atomic E-state index is 0.0916. The average Bonchev–Trinajstić information content (AvgIpc) is 2.27. The smallest absolute Gasteiger partial charge is 0.253 e. The Bertz CT molecular complexity index is 540. The predicted molar refractivity (Wildman–Crippen MR) is 69.2 cm³/mol. The molecule has 0 aliphatic carbocycles. The number of rotatable bonds is 5. The van der Waals surface area contributed by atoms with Crippen LogP contribution in [0.15, 0.2) is 18.2 Å². The SMILES string of the molecule is CCCNC(=O)c1cccc(O)c1NS(C)(=O)=O. The quantitative estimate of drug-likeness (QED) is 0.694. The number of phenolic OH excluding ortho intramolecular Hbond substituents is 1. The lowest BCUT2D eigenvalue weighted by Crippen LogP contribution is -2.25. The minimum Gasteiger partial charge on any atom is -0.506 e. The topological polar surface area (TPSA) is 95.5 Å². The summed E-state index contributed by atoms with van der Waals surface area (Å²) >= 11 is 0. The second-order valence-electron chi connectivity index (χ2n) is 3.83. The predicted octanol–water partition coefficient (Wildman–Crippen LogP) is 0.904. The number of hydrogen-bond acceptors (Lipinski definition) is 4. The molecule has 0 spiro atoms. The van der Waals surface area contributed by atoms with Crippen LogP contribution < -0.4 is 10.0 Å². The lowest BCUT2D eigenvalue weighted by atomic mass is 10.1. The number of aromatic hydroxyl groups is 1. The number of carbonyl (C=O) groups is 1. The average molecular weight is 272 g/mol. The molecule has 7 heteroatoms. The first kappa shape index (κ1) is 14.3. The Morgan fingerprint density at radius 3 is 2.61 bits per heavy atom. The second kappa shape index (κ2) is 5.72. The summed E-state index contributed by atoms with van der Waals surface area (Å²) < 4.78 is 24.5. The van der Waals surface area contributed by atoms with Gasteiger partial charge in [0, 0.05) is 6.54 Å². The molecule has 0 aromatic heterocycles. The van der Waals surface area contributed by atoms with Crippen LogP contribution in [0.2, 0.25) is 0 Å². The third-order valence-corrected chi connectivity index (χ3v) is 2.69. The number of phenols is 1. The monoisotopic (exact) mass is 272 g/mol. The maximum absolute atomic E-state index is 11.8. The van der Waals surface area contributed by atoms with E-state index >= 15 is 0 Å². The fraction of sp³-hybridized carbons (Fsp3) is 0.364. The van der Waals surface area contributed by atoms with Crippen molar-refractivity contribution in [1.29, 1.82) is 0 Å². The summed E-state index contributed by atoms with van der Waals surface area (Å²) in [6, 6.07) is 4.23. The minimum atomic E-state index is -3.57. The van der Waals surface area contributed by atoms with Gasteiger partial charge in [0.2, 0.25) is 10.0 Å². The van der Waals surface area contributed by atoms with Crippen LogP contribution in [0.3, 0.4) is 0 Å². The van der Waals surface area contributed by atoms with Crippen LogP contribution in [0, 0.1) is 0 Å². The van der Waals surface area contributed by atoms with E-state index in [1.54, 1.807) is 0 Å². The van der Waals surface area contributed by atoms with Crippen LogP contribution in [0.1, 0.15) is 23.7 Å². The molecule has 0 heterocycles. The van der Waals surface area contributed by atoms with Gasteiger partial charge in [-0.25, -0.2) is 8.42 Å². The zero-order valence-corrected chi connectivity index (χ0v) is 11.0. The number of hydrogen-bond donors (Lipinski definition) is 3. The summed E-state index contributed by atoms with van der Waals surface area (Å²) in [5.41, 5.74) is -0.0116. The van der Waals surface area contributed by atoms with Crippen LogP contribution in [0.25, 0.3) is 0 Å². The number of benzene rings is 1. The molecule has 1 aromatic rings. The van der Waals surface area contributed by atoms with E-state index in [0.717, 1.165) is 12.7 Å². The number of para-hydroxylation sites is 1. The van der Waals surface area contributed by atoms with E-state index in [1.807, 2.05) is 6.92 Å². The van der Waals surface area contributed by atoms with Gasteiger partial charge in [0.05, 0.1) is 11.8 Å². The molecule has 0 aliphatic rings. The zero-order valence-electron chi connectivity index (χ0n) is 10.2. The Balaban J connectivity index is 3.11. The van der Waals surface area contributed by atoms with Gasteiger partial charge in [0.15, 0.2) is 0 Å². The molecule has 0 atom stereocenters. The fourth-order valence-corrected chi connectivity index (χ4v) is 1.94. The number of nitrogens with one attached hydrogen (secondary N) is 2. The Kier molecular flexibility index (Phi) is 4.55. The van der Waals surface area contributed by atoms with Gasteiger partial charge in [-0.1, -0.05) is 13.0 Å². The molecule has 1 aromatic carbocycles. The molecule has 18 heavy (non-hydrogen) atoms. The maximum Gasteiger partial charge on any atom is 0.253 e. The summed E-state index contributed by atoms with van der Waals surface area (Å²) in [5, 5.41) is 12.2. The summed E-state index contributed by atoms with van der Waals surface area (Å²) in [7, 11) is -3.57. The molecule has 100 valence electrons. The van der Waals surface area contributed by atoms with E-state index in [-0.39, 0.29) is 17.0 Å². The standard InChI is InChI=1S/C11H16N2O4S/c1-3-7-12-11(15)8-5-4-6-9(14)10(8)13-18(2,16)17/h4-6,13-14H,3,7H2,1-2H3,(H,12,15). The van der Waals surface area contributed by atoms with Crippen LogP contribution in [-0.2, 0) is 10.0 Å². The Labute approximate surface area is 106 Å². The second-order valence-corrected chi connectivity index (χ2v) is 5.58. The van der Waals surface area contributed by atoms with E-state index in [1.165, 1.54) is 18.2 Å². The molecule has 0 saturated carbocycles.